The third kappa shape index (κ3) is 5.79. The summed E-state index contributed by atoms with van der Waals surface area (Å²) in [7, 11) is 1.33. The second kappa shape index (κ2) is 10.2. The van der Waals surface area contributed by atoms with Crippen molar-refractivity contribution in [2.45, 2.75) is 52.9 Å². The molecule has 0 bridgehead atoms. The van der Waals surface area contributed by atoms with Crippen molar-refractivity contribution in [2.24, 2.45) is 0 Å². The number of carbonyl (C=O) groups is 2. The average molecular weight is 405 g/mol. The van der Waals surface area contributed by atoms with E-state index >= 15 is 0 Å². The van der Waals surface area contributed by atoms with E-state index in [-0.39, 0.29) is 5.91 Å². The first kappa shape index (κ1) is 21.9. The van der Waals surface area contributed by atoms with Gasteiger partial charge < -0.3 is 14.8 Å². The van der Waals surface area contributed by atoms with Crippen LogP contribution in [0.4, 0.5) is 5.13 Å². The Morgan fingerprint density at radius 2 is 2.04 bits per heavy atom. The Morgan fingerprint density at radius 3 is 2.64 bits per heavy atom. The zero-order valence-electron chi connectivity index (χ0n) is 17.1. The fourth-order valence-electron chi connectivity index (χ4n) is 2.89. The van der Waals surface area contributed by atoms with Gasteiger partial charge in [-0.15, -0.1) is 0 Å². The van der Waals surface area contributed by atoms with Gasteiger partial charge in [0.1, 0.15) is 10.6 Å². The molecule has 0 aliphatic heterocycles. The first-order chi connectivity index (χ1) is 13.3. The number of methoxy groups -OCH3 is 1. The van der Waals surface area contributed by atoms with Crippen LogP contribution >= 0.6 is 11.3 Å². The van der Waals surface area contributed by atoms with Gasteiger partial charge in [0.2, 0.25) is 5.91 Å². The number of nitrogens with one attached hydrogen (secondary N) is 1. The monoisotopic (exact) mass is 404 g/mol. The van der Waals surface area contributed by atoms with E-state index in [1.165, 1.54) is 18.2 Å². The van der Waals surface area contributed by atoms with Crippen LogP contribution in [0.15, 0.2) is 18.2 Å². The molecule has 0 fully saturated rings. The molecule has 7 heteroatoms. The van der Waals surface area contributed by atoms with E-state index in [9.17, 15) is 9.59 Å². The summed E-state index contributed by atoms with van der Waals surface area (Å²) < 4.78 is 10.5. The molecule has 1 aromatic carbocycles. The molecule has 6 nitrogen and oxygen atoms in total. The van der Waals surface area contributed by atoms with Crippen molar-refractivity contribution >= 4 is 28.3 Å². The molecule has 1 N–H and O–H groups in total. The van der Waals surface area contributed by atoms with E-state index in [0.29, 0.717) is 47.5 Å². The molecule has 0 saturated heterocycles. The highest BCUT2D eigenvalue weighted by molar-refractivity contribution is 7.17. The smallest absolute Gasteiger partial charge is 0.350 e. The Labute approximate surface area is 170 Å². The molecule has 28 heavy (non-hydrogen) atoms. The quantitative estimate of drug-likeness (QED) is 0.483. The number of amides is 1. The first-order valence-electron chi connectivity index (χ1n) is 9.46. The highest BCUT2D eigenvalue weighted by atomic mass is 32.1. The van der Waals surface area contributed by atoms with E-state index in [2.05, 4.69) is 37.1 Å². The Morgan fingerprint density at radius 1 is 1.29 bits per heavy atom. The van der Waals surface area contributed by atoms with Crippen LogP contribution in [0.3, 0.4) is 0 Å². The molecule has 2 rings (SSSR count). The molecule has 1 aromatic heterocycles. The SMILES string of the molecule is CCc1nc(NC(=O)CCCOc2ccc(C(C)C)c(C)c2)sc1C(=O)OC. The van der Waals surface area contributed by atoms with Crippen molar-refractivity contribution in [3.63, 3.8) is 0 Å². The molecule has 0 aliphatic rings. The van der Waals surface area contributed by atoms with Crippen LogP contribution < -0.4 is 10.1 Å². The molecular weight excluding hydrogens is 376 g/mol. The highest BCUT2D eigenvalue weighted by Gasteiger charge is 2.18. The molecular formula is C21H28N2O4S. The fraction of sp³-hybridized carbons (Fsp3) is 0.476. The first-order valence-corrected chi connectivity index (χ1v) is 10.3. The third-order valence-electron chi connectivity index (χ3n) is 4.33. The Kier molecular flexibility index (Phi) is 7.99. The largest absolute Gasteiger partial charge is 0.494 e. The van der Waals surface area contributed by atoms with E-state index in [1.807, 2.05) is 19.1 Å². The van der Waals surface area contributed by atoms with Gasteiger partial charge in [-0.05, 0) is 48.9 Å². The number of aromatic nitrogens is 1. The minimum absolute atomic E-state index is 0.150. The lowest BCUT2D eigenvalue weighted by atomic mass is 9.98. The molecule has 2 aromatic rings. The van der Waals surface area contributed by atoms with Crippen LogP contribution in [0.5, 0.6) is 5.75 Å². The van der Waals surface area contributed by atoms with E-state index in [4.69, 9.17) is 9.47 Å². The lowest BCUT2D eigenvalue weighted by Gasteiger charge is -2.12. The average Bonchev–Trinajstić information content (AvgIpc) is 3.07. The van der Waals surface area contributed by atoms with Gasteiger partial charge in [0, 0.05) is 6.42 Å². The summed E-state index contributed by atoms with van der Waals surface area (Å²) in [5.74, 6) is 0.721. The summed E-state index contributed by atoms with van der Waals surface area (Å²) in [4.78, 5) is 28.6. The molecule has 0 spiro atoms. The summed E-state index contributed by atoms with van der Waals surface area (Å²) in [5.41, 5.74) is 3.16. The number of carbonyl (C=O) groups excluding carboxylic acids is 2. The summed E-state index contributed by atoms with van der Waals surface area (Å²) >= 11 is 1.14. The lowest BCUT2D eigenvalue weighted by Crippen LogP contribution is -2.12. The number of thiazole rings is 1. The molecule has 1 amide bonds. The molecule has 0 unspecified atom stereocenters. The number of esters is 1. The van der Waals surface area contributed by atoms with Crippen molar-refractivity contribution in [3.05, 3.63) is 39.9 Å². The van der Waals surface area contributed by atoms with Gasteiger partial charge in [-0.2, -0.15) is 0 Å². The van der Waals surface area contributed by atoms with Gasteiger partial charge in [0.15, 0.2) is 5.13 Å². The van der Waals surface area contributed by atoms with Gasteiger partial charge in [0.05, 0.1) is 19.4 Å². The number of rotatable bonds is 9. The predicted octanol–water partition coefficient (Wildman–Crippen LogP) is 4.72. The third-order valence-corrected chi connectivity index (χ3v) is 5.32. The number of hydrogen-bond donors (Lipinski definition) is 1. The second-order valence-corrected chi connectivity index (χ2v) is 7.81. The second-order valence-electron chi connectivity index (χ2n) is 6.81. The molecule has 0 saturated carbocycles. The van der Waals surface area contributed by atoms with E-state index in [1.54, 1.807) is 0 Å². The fourth-order valence-corrected chi connectivity index (χ4v) is 3.88. The summed E-state index contributed by atoms with van der Waals surface area (Å²) in [6.45, 7) is 8.78. The minimum atomic E-state index is -0.429. The van der Waals surface area contributed by atoms with Crippen LogP contribution in [0.1, 0.15) is 66.0 Å². The molecule has 0 radical (unpaired) electrons. The van der Waals surface area contributed by atoms with E-state index < -0.39 is 5.97 Å². The number of benzene rings is 1. The van der Waals surface area contributed by atoms with Crippen molar-refractivity contribution in [3.8, 4) is 5.75 Å². The van der Waals surface area contributed by atoms with Crippen molar-refractivity contribution in [2.75, 3.05) is 19.0 Å². The maximum atomic E-state index is 12.1. The summed E-state index contributed by atoms with van der Waals surface area (Å²) in [5, 5.41) is 3.17. The zero-order chi connectivity index (χ0) is 20.7. The number of ether oxygens (including phenoxy) is 2. The van der Waals surface area contributed by atoms with Crippen LogP contribution in [0, 0.1) is 6.92 Å². The van der Waals surface area contributed by atoms with Crippen LogP contribution in [-0.2, 0) is 16.0 Å². The topological polar surface area (TPSA) is 77.5 Å². The highest BCUT2D eigenvalue weighted by Crippen LogP contribution is 2.25. The van der Waals surface area contributed by atoms with Gasteiger partial charge in [0.25, 0.3) is 0 Å². The van der Waals surface area contributed by atoms with Gasteiger partial charge >= 0.3 is 5.97 Å². The predicted molar refractivity (Wildman–Crippen MR) is 111 cm³/mol. The summed E-state index contributed by atoms with van der Waals surface area (Å²) in [6, 6.07) is 6.10. The maximum absolute atomic E-state index is 12.1. The van der Waals surface area contributed by atoms with Gasteiger partial charge in [-0.25, -0.2) is 9.78 Å². The number of anilines is 1. The molecule has 1 heterocycles. The Hall–Kier alpha value is -2.41. The standard InChI is InChI=1S/C21H28N2O4S/c1-6-17-19(20(25)26-5)28-21(22-17)23-18(24)8-7-11-27-15-9-10-16(13(2)3)14(4)12-15/h9-10,12-13H,6-8,11H2,1-5H3,(H,22,23,24). The van der Waals surface area contributed by atoms with Gasteiger partial charge in [-0.3, -0.25) is 4.79 Å². The zero-order valence-corrected chi connectivity index (χ0v) is 17.9. The number of nitrogens with zero attached hydrogens (tertiary/aromatic N) is 1. The lowest BCUT2D eigenvalue weighted by molar-refractivity contribution is -0.116. The normalized spacial score (nSPS) is 10.8. The van der Waals surface area contributed by atoms with Crippen molar-refractivity contribution < 1.29 is 19.1 Å². The summed E-state index contributed by atoms with van der Waals surface area (Å²) in [6.07, 6.45) is 1.50. The van der Waals surface area contributed by atoms with Crippen LogP contribution in [0.25, 0.3) is 0 Å². The van der Waals surface area contributed by atoms with Gasteiger partial charge in [-0.1, -0.05) is 38.2 Å². The molecule has 152 valence electrons. The molecule has 0 atom stereocenters. The van der Waals surface area contributed by atoms with Crippen molar-refractivity contribution in [1.29, 1.82) is 0 Å². The Balaban J connectivity index is 1.81. The number of hydrogen-bond acceptors (Lipinski definition) is 6. The minimum Gasteiger partial charge on any atom is -0.494 e. The van der Waals surface area contributed by atoms with Crippen LogP contribution in [0.2, 0.25) is 0 Å². The number of aryl methyl sites for hydroxylation is 2. The maximum Gasteiger partial charge on any atom is 0.350 e. The van der Waals surface area contributed by atoms with Crippen LogP contribution in [-0.4, -0.2) is 30.6 Å². The van der Waals surface area contributed by atoms with Crippen molar-refractivity contribution in [1.82, 2.24) is 4.98 Å². The van der Waals surface area contributed by atoms with E-state index in [0.717, 1.165) is 17.1 Å². The molecule has 0 aliphatic carbocycles. The Bertz CT molecular complexity index is 830.